The zero-order valence-corrected chi connectivity index (χ0v) is 10.7. The average molecular weight is 258 g/mol. The van der Waals surface area contributed by atoms with Gasteiger partial charge in [0.25, 0.3) is 0 Å². The number of hydrogen-bond donors (Lipinski definition) is 2. The number of rotatable bonds is 5. The van der Waals surface area contributed by atoms with Crippen LogP contribution in [0.15, 0.2) is 0 Å². The molecule has 96 valence electrons. The van der Waals surface area contributed by atoms with Gasteiger partial charge in [-0.2, -0.15) is 0 Å². The normalized spacial score (nSPS) is 23.9. The number of hydrogen-bond acceptors (Lipinski definition) is 4. The van der Waals surface area contributed by atoms with E-state index in [0.717, 1.165) is 0 Å². The largest absolute Gasteiger partial charge is 0.344 e. The number of amides is 1. The molecule has 17 heavy (non-hydrogen) atoms. The van der Waals surface area contributed by atoms with Gasteiger partial charge in [-0.05, 0) is 19.8 Å². The molecular formula is C11H18N2O3S. The molecule has 0 aromatic carbocycles. The molecule has 5 nitrogen and oxygen atoms in total. The van der Waals surface area contributed by atoms with Crippen molar-refractivity contribution in [2.24, 2.45) is 0 Å². The van der Waals surface area contributed by atoms with Crippen LogP contribution < -0.4 is 10.6 Å². The van der Waals surface area contributed by atoms with Gasteiger partial charge in [-0.25, -0.2) is 8.42 Å². The summed E-state index contributed by atoms with van der Waals surface area (Å²) in [5, 5.41) is 5.11. The fourth-order valence-electron chi connectivity index (χ4n) is 1.78. The van der Waals surface area contributed by atoms with Gasteiger partial charge in [0.2, 0.25) is 5.91 Å². The van der Waals surface area contributed by atoms with Crippen molar-refractivity contribution in [2.75, 3.05) is 18.8 Å². The third-order valence-corrected chi connectivity index (χ3v) is 5.15. The lowest BCUT2D eigenvalue weighted by atomic mass is 10.2. The molecule has 1 aliphatic rings. The minimum atomic E-state index is -2.95. The molecule has 1 rings (SSSR count). The van der Waals surface area contributed by atoms with Gasteiger partial charge in [-0.1, -0.05) is 5.92 Å². The van der Waals surface area contributed by atoms with E-state index in [1.807, 2.05) is 0 Å². The van der Waals surface area contributed by atoms with Crippen LogP contribution in [-0.2, 0) is 14.6 Å². The Labute approximate surface area is 102 Å². The van der Waals surface area contributed by atoms with Crippen LogP contribution in [0.5, 0.6) is 0 Å². The molecule has 0 saturated carbocycles. The Kier molecular flexibility index (Phi) is 4.97. The lowest BCUT2D eigenvalue weighted by Gasteiger charge is -2.16. The van der Waals surface area contributed by atoms with Crippen molar-refractivity contribution in [1.29, 1.82) is 0 Å². The van der Waals surface area contributed by atoms with E-state index in [-0.39, 0.29) is 23.5 Å². The molecule has 1 fully saturated rings. The molecule has 0 radical (unpaired) electrons. The first kappa shape index (κ1) is 14.0. The SMILES string of the molecule is C#CCNC(=O)C(C)NCC1CCCS1(=O)=O. The van der Waals surface area contributed by atoms with E-state index in [1.165, 1.54) is 0 Å². The highest BCUT2D eigenvalue weighted by atomic mass is 32.2. The van der Waals surface area contributed by atoms with Crippen LogP contribution in [0.2, 0.25) is 0 Å². The van der Waals surface area contributed by atoms with Crippen LogP contribution in [0.1, 0.15) is 19.8 Å². The van der Waals surface area contributed by atoms with E-state index in [4.69, 9.17) is 6.42 Å². The Morgan fingerprint density at radius 3 is 2.82 bits per heavy atom. The van der Waals surface area contributed by atoms with Gasteiger partial charge in [0.05, 0.1) is 23.6 Å². The van der Waals surface area contributed by atoms with Crippen LogP contribution in [0.3, 0.4) is 0 Å². The minimum absolute atomic E-state index is 0.187. The maximum Gasteiger partial charge on any atom is 0.237 e. The van der Waals surface area contributed by atoms with Gasteiger partial charge in [0.15, 0.2) is 9.84 Å². The van der Waals surface area contributed by atoms with Crippen LogP contribution in [0.4, 0.5) is 0 Å². The molecule has 1 amide bonds. The Balaban J connectivity index is 2.36. The zero-order chi connectivity index (χ0) is 12.9. The third-order valence-electron chi connectivity index (χ3n) is 2.87. The lowest BCUT2D eigenvalue weighted by Crippen LogP contribution is -2.45. The fourth-order valence-corrected chi connectivity index (χ4v) is 3.56. The summed E-state index contributed by atoms with van der Waals surface area (Å²) < 4.78 is 23.1. The highest BCUT2D eigenvalue weighted by Crippen LogP contribution is 2.19. The van der Waals surface area contributed by atoms with Crippen LogP contribution in [-0.4, -0.2) is 44.5 Å². The van der Waals surface area contributed by atoms with Gasteiger partial charge >= 0.3 is 0 Å². The van der Waals surface area contributed by atoms with Crippen molar-refractivity contribution in [3.05, 3.63) is 0 Å². The lowest BCUT2D eigenvalue weighted by molar-refractivity contribution is -0.122. The summed E-state index contributed by atoms with van der Waals surface area (Å²) >= 11 is 0. The van der Waals surface area contributed by atoms with E-state index < -0.39 is 15.9 Å². The first-order chi connectivity index (χ1) is 7.97. The molecule has 0 spiro atoms. The Morgan fingerprint density at radius 1 is 1.59 bits per heavy atom. The van der Waals surface area contributed by atoms with E-state index in [1.54, 1.807) is 6.92 Å². The smallest absolute Gasteiger partial charge is 0.237 e. The molecule has 0 aromatic rings. The predicted molar refractivity (Wildman–Crippen MR) is 66.1 cm³/mol. The summed E-state index contributed by atoms with van der Waals surface area (Å²) in [5.41, 5.74) is 0. The van der Waals surface area contributed by atoms with Gasteiger partial charge in [-0.15, -0.1) is 6.42 Å². The van der Waals surface area contributed by atoms with Crippen LogP contribution in [0.25, 0.3) is 0 Å². The maximum atomic E-state index is 11.5. The van der Waals surface area contributed by atoms with Crippen LogP contribution >= 0.6 is 0 Å². The van der Waals surface area contributed by atoms with E-state index >= 15 is 0 Å². The first-order valence-corrected chi connectivity index (χ1v) is 7.35. The van der Waals surface area contributed by atoms with Crippen molar-refractivity contribution in [2.45, 2.75) is 31.1 Å². The maximum absolute atomic E-state index is 11.5. The first-order valence-electron chi connectivity index (χ1n) is 5.63. The number of carbonyl (C=O) groups excluding carboxylic acids is 1. The molecule has 1 saturated heterocycles. The Bertz CT molecular complexity index is 411. The fraction of sp³-hybridized carbons (Fsp3) is 0.727. The van der Waals surface area contributed by atoms with Gasteiger partial charge in [0, 0.05) is 6.54 Å². The molecule has 2 N–H and O–H groups in total. The second-order valence-corrected chi connectivity index (χ2v) is 6.58. The third kappa shape index (κ3) is 4.02. The molecule has 0 aliphatic carbocycles. The molecule has 1 heterocycles. The molecular weight excluding hydrogens is 240 g/mol. The summed E-state index contributed by atoms with van der Waals surface area (Å²) in [4.78, 5) is 11.4. The van der Waals surface area contributed by atoms with Crippen molar-refractivity contribution in [3.63, 3.8) is 0 Å². The molecule has 0 aromatic heterocycles. The standard InChI is InChI=1S/C11H18N2O3S/c1-3-6-12-11(14)9(2)13-8-10-5-4-7-17(10,15)16/h1,9-10,13H,4-8H2,2H3,(H,12,14). The number of carbonyl (C=O) groups is 1. The highest BCUT2D eigenvalue weighted by Gasteiger charge is 2.31. The van der Waals surface area contributed by atoms with Gasteiger partial charge in [-0.3, -0.25) is 4.79 Å². The molecule has 1 aliphatic heterocycles. The minimum Gasteiger partial charge on any atom is -0.344 e. The number of nitrogens with one attached hydrogen (secondary N) is 2. The van der Waals surface area contributed by atoms with E-state index in [9.17, 15) is 13.2 Å². The average Bonchev–Trinajstić information content (AvgIpc) is 2.62. The van der Waals surface area contributed by atoms with Gasteiger partial charge < -0.3 is 10.6 Å². The molecule has 2 unspecified atom stereocenters. The summed E-state index contributed by atoms with van der Waals surface area (Å²) in [5.74, 6) is 2.36. The molecule has 2 atom stereocenters. The second kappa shape index (κ2) is 6.03. The van der Waals surface area contributed by atoms with E-state index in [0.29, 0.717) is 19.4 Å². The van der Waals surface area contributed by atoms with Crippen molar-refractivity contribution >= 4 is 15.7 Å². The Morgan fingerprint density at radius 2 is 2.29 bits per heavy atom. The van der Waals surface area contributed by atoms with Gasteiger partial charge in [0.1, 0.15) is 0 Å². The molecule has 0 bridgehead atoms. The number of sulfone groups is 1. The van der Waals surface area contributed by atoms with Crippen molar-refractivity contribution < 1.29 is 13.2 Å². The Hall–Kier alpha value is -1.06. The monoisotopic (exact) mass is 258 g/mol. The summed E-state index contributed by atoms with van der Waals surface area (Å²) in [6, 6.07) is -0.431. The van der Waals surface area contributed by atoms with Crippen molar-refractivity contribution in [1.82, 2.24) is 10.6 Å². The second-order valence-electron chi connectivity index (χ2n) is 4.18. The zero-order valence-electron chi connectivity index (χ0n) is 9.90. The quantitative estimate of drug-likeness (QED) is 0.639. The molecule has 6 heteroatoms. The highest BCUT2D eigenvalue weighted by molar-refractivity contribution is 7.92. The summed E-state index contributed by atoms with van der Waals surface area (Å²) in [7, 11) is -2.95. The van der Waals surface area contributed by atoms with Crippen molar-refractivity contribution in [3.8, 4) is 12.3 Å². The predicted octanol–water partition coefficient (Wildman–Crippen LogP) is -0.709. The summed E-state index contributed by atoms with van der Waals surface area (Å²) in [6.45, 7) is 2.20. The van der Waals surface area contributed by atoms with Crippen LogP contribution in [0, 0.1) is 12.3 Å². The summed E-state index contributed by atoms with van der Waals surface area (Å²) in [6.07, 6.45) is 6.41. The topological polar surface area (TPSA) is 75.3 Å². The number of terminal acetylenes is 1. The van der Waals surface area contributed by atoms with E-state index in [2.05, 4.69) is 16.6 Å².